The Bertz CT molecular complexity index is 575. The topological polar surface area (TPSA) is 55.9 Å². The Labute approximate surface area is 106 Å². The predicted octanol–water partition coefficient (Wildman–Crippen LogP) is 2.37. The molecule has 0 saturated carbocycles. The fraction of sp³-hybridized carbons (Fsp3) is 0.308. The van der Waals surface area contributed by atoms with Gasteiger partial charge in [-0.05, 0) is 32.0 Å². The number of nitrogens with one attached hydrogen (secondary N) is 1. The van der Waals surface area contributed by atoms with Crippen LogP contribution in [0.25, 0.3) is 0 Å². The van der Waals surface area contributed by atoms with Crippen molar-refractivity contribution < 1.29 is 4.39 Å². The fourth-order valence-electron chi connectivity index (χ4n) is 1.94. The number of hydrogen-bond acceptors (Lipinski definition) is 3. The number of aromatic nitrogens is 2. The molecule has 0 saturated heterocycles. The number of nitrogen functional groups attached to an aromatic ring is 1. The molecule has 0 radical (unpaired) electrons. The molecule has 96 valence electrons. The lowest BCUT2D eigenvalue weighted by molar-refractivity contribution is 0.628. The van der Waals surface area contributed by atoms with Gasteiger partial charge in [0, 0.05) is 24.8 Å². The highest BCUT2D eigenvalue weighted by Crippen LogP contribution is 2.21. The van der Waals surface area contributed by atoms with Crippen molar-refractivity contribution in [3.8, 4) is 0 Å². The van der Waals surface area contributed by atoms with Gasteiger partial charge in [-0.15, -0.1) is 0 Å². The number of nitrogens with zero attached hydrogens (tertiary/aromatic N) is 2. The van der Waals surface area contributed by atoms with E-state index in [9.17, 15) is 4.39 Å². The Hall–Kier alpha value is -2.04. The number of nitrogens with two attached hydrogens (primary N) is 1. The van der Waals surface area contributed by atoms with E-state index in [2.05, 4.69) is 10.4 Å². The van der Waals surface area contributed by atoms with E-state index in [1.807, 2.05) is 25.6 Å². The van der Waals surface area contributed by atoms with Crippen molar-refractivity contribution >= 4 is 11.4 Å². The van der Waals surface area contributed by atoms with E-state index in [1.54, 1.807) is 6.07 Å². The second-order valence-corrected chi connectivity index (χ2v) is 4.36. The van der Waals surface area contributed by atoms with Gasteiger partial charge in [0.1, 0.15) is 5.82 Å². The van der Waals surface area contributed by atoms with Crippen molar-refractivity contribution in [3.63, 3.8) is 0 Å². The van der Waals surface area contributed by atoms with Crippen LogP contribution in [0.3, 0.4) is 0 Å². The highest BCUT2D eigenvalue weighted by molar-refractivity contribution is 5.66. The Morgan fingerprint density at radius 1 is 1.39 bits per heavy atom. The number of aryl methyl sites for hydroxylation is 2. The van der Waals surface area contributed by atoms with E-state index in [1.165, 1.54) is 12.1 Å². The number of rotatable bonds is 3. The molecule has 18 heavy (non-hydrogen) atoms. The largest absolute Gasteiger partial charge is 0.397 e. The zero-order valence-electron chi connectivity index (χ0n) is 10.8. The summed E-state index contributed by atoms with van der Waals surface area (Å²) in [6, 6.07) is 4.30. The van der Waals surface area contributed by atoms with Gasteiger partial charge < -0.3 is 11.1 Å². The maximum Gasteiger partial charge on any atom is 0.125 e. The van der Waals surface area contributed by atoms with Crippen LogP contribution in [0.4, 0.5) is 15.8 Å². The molecule has 2 rings (SSSR count). The van der Waals surface area contributed by atoms with E-state index in [0.717, 1.165) is 17.0 Å². The van der Waals surface area contributed by atoms with Gasteiger partial charge in [-0.25, -0.2) is 4.39 Å². The molecule has 0 bridgehead atoms. The van der Waals surface area contributed by atoms with Gasteiger partial charge in [-0.1, -0.05) is 0 Å². The molecule has 4 nitrogen and oxygen atoms in total. The van der Waals surface area contributed by atoms with E-state index in [0.29, 0.717) is 17.9 Å². The van der Waals surface area contributed by atoms with Crippen LogP contribution in [0.2, 0.25) is 0 Å². The average molecular weight is 248 g/mol. The molecule has 0 atom stereocenters. The van der Waals surface area contributed by atoms with E-state index in [4.69, 9.17) is 5.73 Å². The first-order valence-corrected chi connectivity index (χ1v) is 5.77. The minimum atomic E-state index is -0.300. The first kappa shape index (κ1) is 12.4. The van der Waals surface area contributed by atoms with Crippen LogP contribution in [-0.4, -0.2) is 9.78 Å². The van der Waals surface area contributed by atoms with Crippen molar-refractivity contribution in [2.24, 2.45) is 7.05 Å². The summed E-state index contributed by atoms with van der Waals surface area (Å²) >= 11 is 0. The first-order chi connectivity index (χ1) is 8.49. The Morgan fingerprint density at radius 3 is 2.72 bits per heavy atom. The molecule has 0 unspecified atom stereocenters. The summed E-state index contributed by atoms with van der Waals surface area (Å²) in [5.41, 5.74) is 10.1. The Morgan fingerprint density at radius 2 is 2.11 bits per heavy atom. The minimum absolute atomic E-state index is 0.300. The second-order valence-electron chi connectivity index (χ2n) is 4.36. The molecule has 1 aromatic carbocycles. The molecule has 1 aromatic heterocycles. The quantitative estimate of drug-likeness (QED) is 0.820. The summed E-state index contributed by atoms with van der Waals surface area (Å²) in [6.45, 7) is 4.55. The summed E-state index contributed by atoms with van der Waals surface area (Å²) in [5, 5.41) is 7.48. The van der Waals surface area contributed by atoms with Gasteiger partial charge in [-0.2, -0.15) is 5.10 Å². The van der Waals surface area contributed by atoms with Gasteiger partial charge in [-0.3, -0.25) is 4.68 Å². The summed E-state index contributed by atoms with van der Waals surface area (Å²) in [5.74, 6) is -0.300. The van der Waals surface area contributed by atoms with E-state index < -0.39 is 0 Å². The highest BCUT2D eigenvalue weighted by Gasteiger charge is 2.09. The molecule has 2 aromatic rings. The zero-order chi connectivity index (χ0) is 13.3. The summed E-state index contributed by atoms with van der Waals surface area (Å²) in [7, 11) is 1.91. The molecule has 3 N–H and O–H groups in total. The van der Waals surface area contributed by atoms with Crippen molar-refractivity contribution in [3.05, 3.63) is 41.0 Å². The van der Waals surface area contributed by atoms with Gasteiger partial charge in [0.15, 0.2) is 0 Å². The lowest BCUT2D eigenvalue weighted by Gasteiger charge is -2.09. The van der Waals surface area contributed by atoms with Gasteiger partial charge in [0.2, 0.25) is 0 Å². The zero-order valence-corrected chi connectivity index (χ0v) is 10.8. The highest BCUT2D eigenvalue weighted by atomic mass is 19.1. The standard InChI is InChI=1S/C13H17FN4/c1-8-11(9(2)18(3)17-8)7-16-13-6-10(14)4-5-12(13)15/h4-6,16H,7,15H2,1-3H3. The van der Waals surface area contributed by atoms with Gasteiger partial charge >= 0.3 is 0 Å². The summed E-state index contributed by atoms with van der Waals surface area (Å²) in [4.78, 5) is 0. The molecule has 0 fully saturated rings. The number of hydrogen-bond donors (Lipinski definition) is 2. The lowest BCUT2D eigenvalue weighted by atomic mass is 10.2. The fourth-order valence-corrected chi connectivity index (χ4v) is 1.94. The molecule has 5 heteroatoms. The molecular formula is C13H17FN4. The third kappa shape index (κ3) is 2.30. The van der Waals surface area contributed by atoms with Crippen molar-refractivity contribution in [1.29, 1.82) is 0 Å². The van der Waals surface area contributed by atoms with Gasteiger partial charge in [0.25, 0.3) is 0 Å². The molecule has 0 aliphatic carbocycles. The van der Waals surface area contributed by atoms with Crippen molar-refractivity contribution in [1.82, 2.24) is 9.78 Å². The summed E-state index contributed by atoms with van der Waals surface area (Å²) < 4.78 is 15.0. The number of anilines is 2. The third-order valence-corrected chi connectivity index (χ3v) is 3.13. The molecule has 0 amide bonds. The van der Waals surface area contributed by atoms with Crippen LogP contribution in [-0.2, 0) is 13.6 Å². The third-order valence-electron chi connectivity index (χ3n) is 3.13. The van der Waals surface area contributed by atoms with E-state index >= 15 is 0 Å². The Balaban J connectivity index is 2.19. The molecule has 0 aliphatic heterocycles. The Kier molecular flexibility index (Phi) is 3.23. The number of halogens is 1. The lowest BCUT2D eigenvalue weighted by Crippen LogP contribution is -2.05. The van der Waals surface area contributed by atoms with Crippen LogP contribution in [0.5, 0.6) is 0 Å². The maximum atomic E-state index is 13.1. The smallest absolute Gasteiger partial charge is 0.125 e. The maximum absolute atomic E-state index is 13.1. The van der Waals surface area contributed by atoms with Crippen molar-refractivity contribution in [2.45, 2.75) is 20.4 Å². The van der Waals surface area contributed by atoms with Crippen LogP contribution in [0, 0.1) is 19.7 Å². The monoisotopic (exact) mass is 248 g/mol. The van der Waals surface area contributed by atoms with Crippen molar-refractivity contribution in [2.75, 3.05) is 11.1 Å². The van der Waals surface area contributed by atoms with Crippen LogP contribution < -0.4 is 11.1 Å². The summed E-state index contributed by atoms with van der Waals surface area (Å²) in [6.07, 6.45) is 0. The van der Waals surface area contributed by atoms with Crippen LogP contribution >= 0.6 is 0 Å². The predicted molar refractivity (Wildman–Crippen MR) is 70.8 cm³/mol. The normalized spacial score (nSPS) is 10.7. The SMILES string of the molecule is Cc1nn(C)c(C)c1CNc1cc(F)ccc1N. The second kappa shape index (κ2) is 4.68. The van der Waals surface area contributed by atoms with Crippen LogP contribution in [0.1, 0.15) is 17.0 Å². The van der Waals surface area contributed by atoms with E-state index in [-0.39, 0.29) is 5.82 Å². The van der Waals surface area contributed by atoms with Crippen LogP contribution in [0.15, 0.2) is 18.2 Å². The molecule has 0 aliphatic rings. The number of benzene rings is 1. The molecule has 1 heterocycles. The first-order valence-electron chi connectivity index (χ1n) is 5.77. The molecule has 0 spiro atoms. The molecular weight excluding hydrogens is 231 g/mol. The van der Waals surface area contributed by atoms with Gasteiger partial charge in [0.05, 0.1) is 17.1 Å². The minimum Gasteiger partial charge on any atom is -0.397 e. The average Bonchev–Trinajstić information content (AvgIpc) is 2.55.